The Morgan fingerprint density at radius 2 is 2.11 bits per heavy atom. The molecule has 0 aliphatic rings. The molecule has 0 spiro atoms. The van der Waals surface area contributed by atoms with Crippen LogP contribution in [0.5, 0.6) is 0 Å². The van der Waals surface area contributed by atoms with Gasteiger partial charge in [-0.05, 0) is 50.1 Å². The summed E-state index contributed by atoms with van der Waals surface area (Å²) in [6.45, 7) is 5.61. The Balaban J connectivity index is 2.07. The van der Waals surface area contributed by atoms with Gasteiger partial charge in [0.2, 0.25) is 0 Å². The Morgan fingerprint density at radius 1 is 1.33 bits per heavy atom. The minimum Gasteiger partial charge on any atom is -0.314 e. The van der Waals surface area contributed by atoms with Crippen molar-refractivity contribution in [3.8, 4) is 0 Å². The van der Waals surface area contributed by atoms with Gasteiger partial charge < -0.3 is 5.32 Å². The number of halogens is 1. The molecule has 1 unspecified atom stereocenters. The van der Waals surface area contributed by atoms with Gasteiger partial charge in [-0.1, -0.05) is 36.7 Å². The predicted molar refractivity (Wildman–Crippen MR) is 84.6 cm³/mol. The Bertz CT molecular complexity index is 330. The molecule has 0 radical (unpaired) electrons. The summed E-state index contributed by atoms with van der Waals surface area (Å²) in [7, 11) is 0. The molecule has 1 N–H and O–H groups in total. The fraction of sp³-hybridized carbons (Fsp3) is 0.600. The molecule has 0 saturated carbocycles. The Hall–Kier alpha value is -0.180. The van der Waals surface area contributed by atoms with Crippen LogP contribution in [-0.2, 0) is 5.75 Å². The predicted octanol–water partition coefficient (Wildman–Crippen LogP) is 4.74. The molecule has 0 bridgehead atoms. The van der Waals surface area contributed by atoms with Crippen LogP contribution >= 0.6 is 23.4 Å². The summed E-state index contributed by atoms with van der Waals surface area (Å²) in [4.78, 5) is 0. The van der Waals surface area contributed by atoms with Crippen molar-refractivity contribution in [1.82, 2.24) is 5.32 Å². The fourth-order valence-electron chi connectivity index (χ4n) is 1.78. The first-order valence-corrected chi connectivity index (χ1v) is 8.31. The molecule has 0 amide bonds. The number of nitrogens with one attached hydrogen (secondary N) is 1. The molecule has 1 rings (SSSR count). The van der Waals surface area contributed by atoms with Gasteiger partial charge in [0.25, 0.3) is 0 Å². The van der Waals surface area contributed by atoms with Crippen molar-refractivity contribution < 1.29 is 0 Å². The molecule has 0 aliphatic carbocycles. The summed E-state index contributed by atoms with van der Waals surface area (Å²) < 4.78 is 0. The zero-order chi connectivity index (χ0) is 13.2. The maximum absolute atomic E-state index is 6.12. The monoisotopic (exact) mass is 285 g/mol. The molecule has 1 atom stereocenters. The van der Waals surface area contributed by atoms with Gasteiger partial charge in [0.1, 0.15) is 0 Å². The van der Waals surface area contributed by atoms with E-state index in [0.717, 1.165) is 17.3 Å². The second-order valence-electron chi connectivity index (χ2n) is 4.64. The lowest BCUT2D eigenvalue weighted by atomic mass is 10.2. The summed E-state index contributed by atoms with van der Waals surface area (Å²) in [6, 6.07) is 8.76. The van der Waals surface area contributed by atoms with Gasteiger partial charge in [-0.15, -0.1) is 0 Å². The van der Waals surface area contributed by atoms with Crippen LogP contribution < -0.4 is 5.32 Å². The summed E-state index contributed by atoms with van der Waals surface area (Å²) in [5.41, 5.74) is 1.25. The zero-order valence-electron chi connectivity index (χ0n) is 11.4. The first kappa shape index (κ1) is 15.9. The van der Waals surface area contributed by atoms with Gasteiger partial charge in [0, 0.05) is 16.8 Å². The first-order valence-electron chi connectivity index (χ1n) is 6.78. The average Bonchev–Trinajstić information content (AvgIpc) is 2.38. The topological polar surface area (TPSA) is 12.0 Å². The highest BCUT2D eigenvalue weighted by Gasteiger charge is 2.01. The number of thioether (sulfide) groups is 1. The van der Waals surface area contributed by atoms with E-state index < -0.39 is 0 Å². The van der Waals surface area contributed by atoms with Gasteiger partial charge in [-0.3, -0.25) is 0 Å². The summed E-state index contributed by atoms with van der Waals surface area (Å²) in [5.74, 6) is 2.24. The van der Waals surface area contributed by atoms with Gasteiger partial charge >= 0.3 is 0 Å². The molecule has 0 aromatic heterocycles. The molecule has 0 heterocycles. The number of hydrogen-bond acceptors (Lipinski definition) is 2. The quantitative estimate of drug-likeness (QED) is 0.658. The first-order chi connectivity index (χ1) is 8.74. The summed E-state index contributed by atoms with van der Waals surface area (Å²) in [6.07, 6.45) is 3.74. The third-order valence-corrected chi connectivity index (χ3v) is 4.35. The van der Waals surface area contributed by atoms with Gasteiger partial charge in [0.05, 0.1) is 0 Å². The largest absolute Gasteiger partial charge is 0.314 e. The molecule has 3 heteroatoms. The van der Waals surface area contributed by atoms with Crippen molar-refractivity contribution in [2.24, 2.45) is 0 Å². The molecule has 1 aromatic rings. The Labute approximate surface area is 121 Å². The number of hydrogen-bond donors (Lipinski definition) is 1. The van der Waals surface area contributed by atoms with Crippen molar-refractivity contribution in [2.75, 3.05) is 12.3 Å². The third-order valence-electron chi connectivity index (χ3n) is 2.88. The van der Waals surface area contributed by atoms with E-state index >= 15 is 0 Å². The summed E-state index contributed by atoms with van der Waals surface area (Å²) in [5, 5.41) is 4.41. The lowest BCUT2D eigenvalue weighted by molar-refractivity contribution is 0.510. The Morgan fingerprint density at radius 3 is 2.83 bits per heavy atom. The van der Waals surface area contributed by atoms with Gasteiger partial charge in [-0.25, -0.2) is 0 Å². The molecule has 1 nitrogen and oxygen atoms in total. The molecule has 1 aromatic carbocycles. The van der Waals surface area contributed by atoms with Crippen LogP contribution in [0.2, 0.25) is 5.02 Å². The highest BCUT2D eigenvalue weighted by atomic mass is 35.5. The Kier molecular flexibility index (Phi) is 8.57. The van der Waals surface area contributed by atoms with Crippen LogP contribution in [0.25, 0.3) is 0 Å². The van der Waals surface area contributed by atoms with Crippen molar-refractivity contribution in [1.29, 1.82) is 0 Å². The highest BCUT2D eigenvalue weighted by molar-refractivity contribution is 7.98. The molecule has 18 heavy (non-hydrogen) atoms. The minimum absolute atomic E-state index is 0.644. The van der Waals surface area contributed by atoms with E-state index in [1.54, 1.807) is 0 Å². The van der Waals surface area contributed by atoms with Gasteiger partial charge in [-0.2, -0.15) is 11.8 Å². The van der Waals surface area contributed by atoms with Crippen LogP contribution in [0.3, 0.4) is 0 Å². The van der Waals surface area contributed by atoms with E-state index in [0.29, 0.717) is 6.04 Å². The van der Waals surface area contributed by atoms with Crippen LogP contribution in [0.4, 0.5) is 0 Å². The van der Waals surface area contributed by atoms with E-state index in [1.807, 2.05) is 23.9 Å². The second kappa shape index (κ2) is 9.71. The van der Waals surface area contributed by atoms with E-state index in [2.05, 4.69) is 31.3 Å². The van der Waals surface area contributed by atoms with E-state index in [-0.39, 0.29) is 0 Å². The third kappa shape index (κ3) is 6.67. The minimum atomic E-state index is 0.644. The number of rotatable bonds is 9. The lowest BCUT2D eigenvalue weighted by Crippen LogP contribution is -2.26. The van der Waals surface area contributed by atoms with Crippen molar-refractivity contribution >= 4 is 23.4 Å². The zero-order valence-corrected chi connectivity index (χ0v) is 13.0. The second-order valence-corrected chi connectivity index (χ2v) is 6.15. The smallest absolute Gasteiger partial charge is 0.0446 e. The molecule has 102 valence electrons. The lowest BCUT2D eigenvalue weighted by Gasteiger charge is -2.12. The van der Waals surface area contributed by atoms with Crippen molar-refractivity contribution in [3.63, 3.8) is 0 Å². The van der Waals surface area contributed by atoms with E-state index in [9.17, 15) is 0 Å². The molecular weight excluding hydrogens is 262 g/mol. The summed E-state index contributed by atoms with van der Waals surface area (Å²) >= 11 is 8.10. The van der Waals surface area contributed by atoms with Crippen molar-refractivity contribution in [2.45, 2.75) is 44.9 Å². The number of benzene rings is 1. The van der Waals surface area contributed by atoms with Gasteiger partial charge in [0.15, 0.2) is 0 Å². The standard InChI is InChI=1S/C15H24ClNS/c1-3-10-17-13(2)7-6-11-18-12-14-8-4-5-9-15(14)16/h4-5,8-9,13,17H,3,6-7,10-12H2,1-2H3. The maximum Gasteiger partial charge on any atom is 0.0446 e. The van der Waals surface area contributed by atoms with Crippen LogP contribution in [0.15, 0.2) is 24.3 Å². The van der Waals surface area contributed by atoms with E-state index in [1.165, 1.54) is 30.6 Å². The van der Waals surface area contributed by atoms with Crippen molar-refractivity contribution in [3.05, 3.63) is 34.9 Å². The van der Waals surface area contributed by atoms with Crippen LogP contribution in [0.1, 0.15) is 38.7 Å². The fourth-order valence-corrected chi connectivity index (χ4v) is 3.05. The molecule has 0 saturated heterocycles. The van der Waals surface area contributed by atoms with E-state index in [4.69, 9.17) is 11.6 Å². The normalized spacial score (nSPS) is 12.6. The molecule has 0 aliphatic heterocycles. The average molecular weight is 286 g/mol. The van der Waals surface area contributed by atoms with Crippen LogP contribution in [0, 0.1) is 0 Å². The molecular formula is C15H24ClNS. The van der Waals surface area contributed by atoms with Crippen LogP contribution in [-0.4, -0.2) is 18.3 Å². The molecule has 0 fully saturated rings. The maximum atomic E-state index is 6.12. The SMILES string of the molecule is CCCNC(C)CCCSCc1ccccc1Cl. The highest BCUT2D eigenvalue weighted by Crippen LogP contribution is 2.21.